The zero-order chi connectivity index (χ0) is 49.3. The Bertz CT molecular complexity index is 1970. The van der Waals surface area contributed by atoms with Gasteiger partial charge in [0.2, 0.25) is 50.6 Å². The third-order valence-electron chi connectivity index (χ3n) is 9.41. The van der Waals surface area contributed by atoms with Gasteiger partial charge in [-0.3, -0.25) is 0 Å². The number of rotatable bonds is 10. The number of allylic oxidation sites excluding steroid dienone is 1. The smallest absolute Gasteiger partial charge is 0.240 e. The van der Waals surface area contributed by atoms with Crippen LogP contribution in [0.25, 0.3) is 0 Å². The van der Waals surface area contributed by atoms with Crippen molar-refractivity contribution in [1.29, 1.82) is 0 Å². The van der Waals surface area contributed by atoms with Gasteiger partial charge in [-0.05, 0) is 12.8 Å². The van der Waals surface area contributed by atoms with Crippen molar-refractivity contribution >= 4 is 0 Å². The molecule has 0 saturated heterocycles. The van der Waals surface area contributed by atoms with E-state index in [1.54, 1.807) is 0 Å². The van der Waals surface area contributed by atoms with Crippen molar-refractivity contribution in [2.24, 2.45) is 98.7 Å². The van der Waals surface area contributed by atoms with Crippen LogP contribution in [-0.2, 0) is 112 Å². The van der Waals surface area contributed by atoms with Crippen molar-refractivity contribution in [1.82, 2.24) is 36.5 Å². The van der Waals surface area contributed by atoms with Gasteiger partial charge in [0, 0.05) is 0 Å². The summed E-state index contributed by atoms with van der Waals surface area (Å²) in [6.45, 7) is 7.97. The van der Waals surface area contributed by atoms with Gasteiger partial charge in [-0.1, -0.05) is 51.7 Å². The maximum atomic E-state index is 3.64. The molecular weight excluding hydrogens is 825 g/mol. The molecule has 16 heteroatoms. The maximum Gasteiger partial charge on any atom is 0.243 e. The highest BCUT2D eigenvalue weighted by molar-refractivity contribution is 4.73. The summed E-state index contributed by atoms with van der Waals surface area (Å²) in [5.41, 5.74) is 0. The summed E-state index contributed by atoms with van der Waals surface area (Å²) in [4.78, 5) is 0. The predicted molar refractivity (Wildman–Crippen MR) is 259 cm³/mol. The van der Waals surface area contributed by atoms with Gasteiger partial charge < -0.3 is 0 Å². The van der Waals surface area contributed by atoms with Crippen molar-refractivity contribution in [3.05, 3.63) is 162 Å². The third-order valence-corrected chi connectivity index (χ3v) is 9.41. The summed E-state index contributed by atoms with van der Waals surface area (Å²) in [6.07, 6.45) is 60.0. The van der Waals surface area contributed by atoms with Crippen molar-refractivity contribution in [3.63, 3.8) is 0 Å². The van der Waals surface area contributed by atoms with Crippen LogP contribution >= 0.6 is 0 Å². The average Bonchev–Trinajstić information content (AvgIpc) is 4.16. The lowest BCUT2D eigenvalue weighted by molar-refractivity contribution is -0.671. The molecule has 0 N–H and O–H groups in total. The van der Waals surface area contributed by atoms with E-state index in [1.807, 2.05) is 288 Å². The van der Waals surface area contributed by atoms with Crippen LogP contribution in [0.4, 0.5) is 0 Å². The molecule has 0 spiro atoms. The second-order valence-corrected chi connectivity index (χ2v) is 17.0. The van der Waals surface area contributed by atoms with Gasteiger partial charge in [0.15, 0.2) is 0 Å². The van der Waals surface area contributed by atoms with Crippen LogP contribution in [-0.4, -0.2) is 36.5 Å². The van der Waals surface area contributed by atoms with Gasteiger partial charge in [0.05, 0.1) is 105 Å². The molecule has 0 aliphatic carbocycles. The second kappa shape index (κ2) is 33.9. The average molecular weight is 915 g/mol. The molecule has 8 aromatic heterocycles. The van der Waals surface area contributed by atoms with Crippen LogP contribution in [0.1, 0.15) is 51.9 Å². The molecule has 0 fully saturated rings. The number of nitrogens with zero attached hydrogens (tertiary/aromatic N) is 16. The molecule has 0 aliphatic heterocycles. The minimum Gasteiger partial charge on any atom is -0.240 e. The monoisotopic (exact) mass is 915 g/mol. The van der Waals surface area contributed by atoms with E-state index in [4.69, 9.17) is 0 Å². The molecule has 0 saturated carbocycles. The molecule has 362 valence electrons. The van der Waals surface area contributed by atoms with E-state index in [1.165, 1.54) is 51.5 Å². The number of unbranched alkanes of at least 4 members (excludes halogenated alkanes) is 6. The van der Waals surface area contributed by atoms with Crippen LogP contribution in [0.5, 0.6) is 0 Å². The van der Waals surface area contributed by atoms with Crippen LogP contribution in [0.15, 0.2) is 162 Å². The standard InChI is InChI=1S/C13H25N2.C7H11N2.6C5H9N2/c1-3-4-5-6-7-8-9-10-15-12-11-14(2)13-15;1-3-4-9-6-5-8(2)7-9;6*1-6-3-4-7(2)5-6/h11-13H,3-10H2,1-2H3;3,5-7H,1,4H2,2H3;6*3-5H,1-2H3/q8*+1. The van der Waals surface area contributed by atoms with E-state index in [0.29, 0.717) is 0 Å². The highest BCUT2D eigenvalue weighted by Crippen LogP contribution is 2.07. The summed E-state index contributed by atoms with van der Waals surface area (Å²) in [6, 6.07) is 0. The Morgan fingerprint density at radius 2 is 0.576 bits per heavy atom. The van der Waals surface area contributed by atoms with Crippen LogP contribution in [0.2, 0.25) is 0 Å². The molecular formula is C50H90N16+8. The van der Waals surface area contributed by atoms with E-state index in [2.05, 4.69) is 53.0 Å². The molecule has 66 heavy (non-hydrogen) atoms. The maximum absolute atomic E-state index is 3.64. The Balaban J connectivity index is 0.000000384. The predicted octanol–water partition coefficient (Wildman–Crippen LogP) is 2.66. The molecule has 0 radical (unpaired) electrons. The summed E-state index contributed by atoms with van der Waals surface area (Å²) in [7, 11) is 28.1. The van der Waals surface area contributed by atoms with E-state index < -0.39 is 0 Å². The Hall–Kier alpha value is -6.58. The molecule has 8 aromatic rings. The number of aromatic nitrogens is 16. The lowest BCUT2D eigenvalue weighted by Crippen LogP contribution is -2.23. The lowest BCUT2D eigenvalue weighted by Gasteiger charge is -1.99. The molecule has 16 nitrogen and oxygen atoms in total. The quantitative estimate of drug-likeness (QED) is 0.115. The first kappa shape index (κ1) is 57.4. The van der Waals surface area contributed by atoms with Crippen LogP contribution < -0.4 is 36.5 Å². The van der Waals surface area contributed by atoms with Crippen molar-refractivity contribution < 1.29 is 36.5 Å². The fourth-order valence-corrected chi connectivity index (χ4v) is 6.09. The molecule has 8 rings (SSSR count). The molecule has 0 bridgehead atoms. The topological polar surface area (TPSA) is 70.5 Å². The van der Waals surface area contributed by atoms with Gasteiger partial charge >= 0.3 is 0 Å². The zero-order valence-electron chi connectivity index (χ0n) is 43.7. The van der Waals surface area contributed by atoms with Gasteiger partial charge in [-0.15, -0.1) is 0 Å². The molecule has 8 heterocycles. The first-order valence-electron chi connectivity index (χ1n) is 22.8. The Kier molecular flexibility index (Phi) is 29.5. The van der Waals surface area contributed by atoms with Gasteiger partial charge in [-0.2, -0.15) is 0 Å². The molecule has 0 aliphatic rings. The first-order chi connectivity index (χ1) is 31.4. The number of hydrogen-bond donors (Lipinski definition) is 0. The highest BCUT2D eigenvalue weighted by atomic mass is 15.1. The molecule has 0 amide bonds. The summed E-state index contributed by atoms with van der Waals surface area (Å²) >= 11 is 0. The summed E-state index contributed by atoms with van der Waals surface area (Å²) in [5, 5.41) is 0. The highest BCUT2D eigenvalue weighted by Gasteiger charge is 1.99. The fraction of sp³-hybridized carbons (Fsp3) is 0.480. The zero-order valence-corrected chi connectivity index (χ0v) is 43.7. The van der Waals surface area contributed by atoms with E-state index >= 15 is 0 Å². The van der Waals surface area contributed by atoms with Crippen molar-refractivity contribution in [2.75, 3.05) is 0 Å². The third kappa shape index (κ3) is 30.5. The fourth-order valence-electron chi connectivity index (χ4n) is 6.09. The van der Waals surface area contributed by atoms with E-state index in [9.17, 15) is 0 Å². The number of imidazole rings is 8. The number of hydrogen-bond acceptors (Lipinski definition) is 0. The van der Waals surface area contributed by atoms with Crippen LogP contribution in [0, 0.1) is 0 Å². The largest absolute Gasteiger partial charge is 0.243 e. The van der Waals surface area contributed by atoms with Gasteiger partial charge in [-0.25, -0.2) is 73.1 Å². The van der Waals surface area contributed by atoms with Crippen LogP contribution in [0.3, 0.4) is 0 Å². The number of aryl methyl sites for hydroxylation is 15. The second-order valence-electron chi connectivity index (χ2n) is 17.0. The molecule has 0 atom stereocenters. The Morgan fingerprint density at radius 3 is 0.773 bits per heavy atom. The Labute approximate surface area is 397 Å². The molecule has 0 aromatic carbocycles. The minimum absolute atomic E-state index is 0.890. The Morgan fingerprint density at radius 1 is 0.333 bits per heavy atom. The van der Waals surface area contributed by atoms with E-state index in [-0.39, 0.29) is 0 Å². The van der Waals surface area contributed by atoms with Crippen molar-refractivity contribution in [3.8, 4) is 0 Å². The van der Waals surface area contributed by atoms with Crippen molar-refractivity contribution in [2.45, 2.75) is 65.0 Å². The summed E-state index contributed by atoms with van der Waals surface area (Å²) in [5.74, 6) is 0. The molecule has 0 unspecified atom stereocenters. The minimum atomic E-state index is 0.890. The van der Waals surface area contributed by atoms with E-state index in [0.717, 1.165) is 6.54 Å². The van der Waals surface area contributed by atoms with Gasteiger partial charge in [0.25, 0.3) is 0 Å². The van der Waals surface area contributed by atoms with Gasteiger partial charge in [0.1, 0.15) is 106 Å². The SMILES string of the molecule is C=CCn1cc[n+](C)c1.CCCCCCCCCn1cc[n+](C)c1.Cn1cc[n+](C)c1.Cn1cc[n+](C)c1.Cn1cc[n+](C)c1.Cn1cc[n+](C)c1.Cn1cc[n+](C)c1.Cn1cc[n+](C)c1. The normalized spacial score (nSPS) is 9.74. The lowest BCUT2D eigenvalue weighted by atomic mass is 10.1. The summed E-state index contributed by atoms with van der Waals surface area (Å²) < 4.78 is 32.4. The first-order valence-corrected chi connectivity index (χ1v) is 22.8.